The molecule has 0 unspecified atom stereocenters. The molecule has 92 valence electrons. The molecule has 2 aromatic rings. The molecule has 0 amide bonds. The van der Waals surface area contributed by atoms with Crippen molar-refractivity contribution in [3.63, 3.8) is 0 Å². The van der Waals surface area contributed by atoms with E-state index in [1.807, 2.05) is 19.1 Å². The van der Waals surface area contributed by atoms with Crippen LogP contribution in [0, 0.1) is 18.3 Å². The average Bonchev–Trinajstić information content (AvgIpc) is 2.76. The molecule has 1 aromatic heterocycles. The summed E-state index contributed by atoms with van der Waals surface area (Å²) in [7, 11) is 0. The maximum absolute atomic E-state index is 8.75. The first-order valence-electron chi connectivity index (χ1n) is 5.90. The van der Waals surface area contributed by atoms with Gasteiger partial charge in [-0.25, -0.2) is 0 Å². The highest BCUT2D eigenvalue weighted by Gasteiger charge is 2.16. The van der Waals surface area contributed by atoms with Crippen LogP contribution in [0.25, 0.3) is 11.3 Å². The highest BCUT2D eigenvalue weighted by Crippen LogP contribution is 2.29. The molecule has 1 aromatic carbocycles. The molecule has 0 aliphatic heterocycles. The van der Waals surface area contributed by atoms with Crippen LogP contribution >= 0.6 is 0 Å². The minimum atomic E-state index is 0.127. The molecule has 1 heterocycles. The van der Waals surface area contributed by atoms with Gasteiger partial charge in [-0.15, -0.1) is 0 Å². The van der Waals surface area contributed by atoms with Crippen molar-refractivity contribution in [1.29, 1.82) is 5.26 Å². The average molecular weight is 240 g/mol. The lowest BCUT2D eigenvalue weighted by Gasteiger charge is -2.20. The van der Waals surface area contributed by atoms with Gasteiger partial charge < -0.3 is 4.52 Å². The van der Waals surface area contributed by atoms with E-state index in [2.05, 4.69) is 38.1 Å². The fourth-order valence-corrected chi connectivity index (χ4v) is 1.86. The first-order chi connectivity index (χ1) is 8.41. The van der Waals surface area contributed by atoms with Gasteiger partial charge in [0, 0.05) is 11.6 Å². The summed E-state index contributed by atoms with van der Waals surface area (Å²) in [4.78, 5) is 0. The number of hydrogen-bond acceptors (Lipinski definition) is 3. The van der Waals surface area contributed by atoms with Crippen LogP contribution in [-0.2, 0) is 5.41 Å². The molecular weight excluding hydrogens is 224 g/mol. The Morgan fingerprint density at radius 3 is 2.44 bits per heavy atom. The van der Waals surface area contributed by atoms with Gasteiger partial charge in [0.25, 0.3) is 0 Å². The molecule has 0 atom stereocenters. The zero-order valence-electron chi connectivity index (χ0n) is 11.1. The second-order valence-corrected chi connectivity index (χ2v) is 5.47. The predicted molar refractivity (Wildman–Crippen MR) is 70.1 cm³/mol. The fourth-order valence-electron chi connectivity index (χ4n) is 1.86. The van der Waals surface area contributed by atoms with E-state index >= 15 is 0 Å². The SMILES string of the molecule is Cc1cc(C(C)(C)C)ccc1-c1cc(C#N)no1. The molecule has 0 spiro atoms. The van der Waals surface area contributed by atoms with Crippen LogP contribution in [0.5, 0.6) is 0 Å². The van der Waals surface area contributed by atoms with Gasteiger partial charge in [0.05, 0.1) is 0 Å². The molecule has 0 bridgehead atoms. The van der Waals surface area contributed by atoms with Gasteiger partial charge in [0.15, 0.2) is 11.5 Å². The normalized spacial score (nSPS) is 11.3. The Hall–Kier alpha value is -2.08. The number of rotatable bonds is 1. The zero-order valence-corrected chi connectivity index (χ0v) is 11.1. The van der Waals surface area contributed by atoms with Crippen molar-refractivity contribution < 1.29 is 4.52 Å². The maximum atomic E-state index is 8.75. The summed E-state index contributed by atoms with van der Waals surface area (Å²) in [6.45, 7) is 8.59. The topological polar surface area (TPSA) is 49.8 Å². The van der Waals surface area contributed by atoms with E-state index in [0.29, 0.717) is 11.5 Å². The second kappa shape index (κ2) is 4.30. The van der Waals surface area contributed by atoms with Crippen molar-refractivity contribution >= 4 is 0 Å². The number of aryl methyl sites for hydroxylation is 1. The third-order valence-corrected chi connectivity index (χ3v) is 2.98. The largest absolute Gasteiger partial charge is 0.355 e. The first-order valence-corrected chi connectivity index (χ1v) is 5.90. The second-order valence-electron chi connectivity index (χ2n) is 5.47. The van der Waals surface area contributed by atoms with Gasteiger partial charge in [-0.3, -0.25) is 0 Å². The van der Waals surface area contributed by atoms with Gasteiger partial charge in [0.1, 0.15) is 6.07 Å². The summed E-state index contributed by atoms with van der Waals surface area (Å²) in [5.41, 5.74) is 3.83. The zero-order chi connectivity index (χ0) is 13.3. The summed E-state index contributed by atoms with van der Waals surface area (Å²) in [6.07, 6.45) is 0. The van der Waals surface area contributed by atoms with E-state index < -0.39 is 0 Å². The lowest BCUT2D eigenvalue weighted by Crippen LogP contribution is -2.11. The van der Waals surface area contributed by atoms with Crippen LogP contribution < -0.4 is 0 Å². The van der Waals surface area contributed by atoms with E-state index in [9.17, 15) is 0 Å². The van der Waals surface area contributed by atoms with Gasteiger partial charge in [-0.1, -0.05) is 44.1 Å². The highest BCUT2D eigenvalue weighted by atomic mass is 16.5. The molecule has 2 rings (SSSR count). The van der Waals surface area contributed by atoms with Crippen LogP contribution in [0.3, 0.4) is 0 Å². The molecule has 3 heteroatoms. The van der Waals surface area contributed by atoms with Crippen molar-refractivity contribution in [3.05, 3.63) is 41.1 Å². The first kappa shape index (κ1) is 12.4. The number of aromatic nitrogens is 1. The number of nitriles is 1. The predicted octanol–water partition coefficient (Wildman–Crippen LogP) is 3.82. The summed E-state index contributed by atoms with van der Waals surface area (Å²) in [6, 6.07) is 9.91. The molecule has 0 aliphatic carbocycles. The highest BCUT2D eigenvalue weighted by molar-refractivity contribution is 5.63. The van der Waals surface area contributed by atoms with Crippen molar-refractivity contribution in [2.75, 3.05) is 0 Å². The smallest absolute Gasteiger partial charge is 0.184 e. The molecule has 0 saturated carbocycles. The Bertz CT molecular complexity index is 612. The van der Waals surface area contributed by atoms with Crippen molar-refractivity contribution in [1.82, 2.24) is 5.16 Å². The minimum Gasteiger partial charge on any atom is -0.355 e. The number of nitrogens with zero attached hydrogens (tertiary/aromatic N) is 2. The molecule has 0 radical (unpaired) electrons. The summed E-state index contributed by atoms with van der Waals surface area (Å²) >= 11 is 0. The monoisotopic (exact) mass is 240 g/mol. The van der Waals surface area contributed by atoms with E-state index in [-0.39, 0.29) is 5.41 Å². The molecule has 18 heavy (non-hydrogen) atoms. The summed E-state index contributed by atoms with van der Waals surface area (Å²) < 4.78 is 5.18. The van der Waals surface area contributed by atoms with Gasteiger partial charge in [-0.2, -0.15) is 5.26 Å². The Labute approximate surface area is 107 Å². The van der Waals surface area contributed by atoms with E-state index in [0.717, 1.165) is 11.1 Å². The molecule has 0 saturated heterocycles. The van der Waals surface area contributed by atoms with Crippen LogP contribution in [0.4, 0.5) is 0 Å². The molecule has 0 N–H and O–H groups in total. The molecule has 0 aliphatic rings. The standard InChI is InChI=1S/C15H16N2O/c1-10-7-11(15(2,3)4)5-6-13(10)14-8-12(9-16)17-18-14/h5-8H,1-4H3. The van der Waals surface area contributed by atoms with Gasteiger partial charge in [-0.05, 0) is 23.5 Å². The van der Waals surface area contributed by atoms with Crippen molar-refractivity contribution in [3.8, 4) is 17.4 Å². The number of hydrogen-bond donors (Lipinski definition) is 0. The number of benzene rings is 1. The minimum absolute atomic E-state index is 0.127. The third kappa shape index (κ3) is 2.28. The van der Waals surface area contributed by atoms with Crippen LogP contribution in [0.15, 0.2) is 28.8 Å². The van der Waals surface area contributed by atoms with Crippen LogP contribution in [0.2, 0.25) is 0 Å². The third-order valence-electron chi connectivity index (χ3n) is 2.98. The maximum Gasteiger partial charge on any atom is 0.184 e. The lowest BCUT2D eigenvalue weighted by atomic mass is 9.85. The van der Waals surface area contributed by atoms with E-state index in [1.54, 1.807) is 6.07 Å². The molecule has 3 nitrogen and oxygen atoms in total. The van der Waals surface area contributed by atoms with Crippen molar-refractivity contribution in [2.24, 2.45) is 0 Å². The fraction of sp³-hybridized carbons (Fsp3) is 0.333. The van der Waals surface area contributed by atoms with Crippen LogP contribution in [-0.4, -0.2) is 5.16 Å². The Morgan fingerprint density at radius 1 is 1.22 bits per heavy atom. The Balaban J connectivity index is 2.45. The summed E-state index contributed by atoms with van der Waals surface area (Å²) in [5.74, 6) is 0.643. The van der Waals surface area contributed by atoms with E-state index in [4.69, 9.17) is 9.78 Å². The Kier molecular flexibility index (Phi) is 2.96. The Morgan fingerprint density at radius 2 is 1.94 bits per heavy atom. The van der Waals surface area contributed by atoms with Gasteiger partial charge >= 0.3 is 0 Å². The molecule has 0 fully saturated rings. The van der Waals surface area contributed by atoms with Crippen LogP contribution in [0.1, 0.15) is 37.6 Å². The van der Waals surface area contributed by atoms with E-state index in [1.165, 1.54) is 5.56 Å². The lowest BCUT2D eigenvalue weighted by molar-refractivity contribution is 0.430. The summed E-state index contributed by atoms with van der Waals surface area (Å²) in [5, 5.41) is 12.4. The van der Waals surface area contributed by atoms with Crippen molar-refractivity contribution in [2.45, 2.75) is 33.1 Å². The quantitative estimate of drug-likeness (QED) is 0.761. The molecular formula is C15H16N2O. The van der Waals surface area contributed by atoms with Gasteiger partial charge in [0.2, 0.25) is 0 Å².